The number of guanidine groups is 1. The first kappa shape index (κ1) is 23.5. The second kappa shape index (κ2) is 13.8. The van der Waals surface area contributed by atoms with Crippen LogP contribution in [-0.2, 0) is 9.47 Å². The van der Waals surface area contributed by atoms with E-state index in [2.05, 4.69) is 27.9 Å². The fourth-order valence-electron chi connectivity index (χ4n) is 2.11. The first-order valence-corrected chi connectivity index (χ1v) is 9.34. The van der Waals surface area contributed by atoms with E-state index in [1.807, 2.05) is 27.7 Å². The minimum Gasteiger partial charge on any atom is -0.444 e. The number of rotatable bonds is 11. The van der Waals surface area contributed by atoms with E-state index < -0.39 is 11.7 Å². The number of hydrogen-bond donors (Lipinski definition) is 3. The molecular weight excluding hydrogens is 320 g/mol. The van der Waals surface area contributed by atoms with Gasteiger partial charge in [-0.1, -0.05) is 19.8 Å². The molecule has 0 aliphatic heterocycles. The predicted octanol–water partition coefficient (Wildman–Crippen LogP) is 2.66. The maximum absolute atomic E-state index is 11.8. The molecule has 1 unspecified atom stereocenters. The van der Waals surface area contributed by atoms with Gasteiger partial charge in [-0.25, -0.2) is 4.79 Å². The van der Waals surface area contributed by atoms with Crippen LogP contribution in [0.2, 0.25) is 0 Å². The van der Waals surface area contributed by atoms with Crippen molar-refractivity contribution in [2.24, 2.45) is 4.99 Å². The molecule has 0 aromatic carbocycles. The van der Waals surface area contributed by atoms with Crippen molar-refractivity contribution in [3.8, 4) is 0 Å². The van der Waals surface area contributed by atoms with Crippen LogP contribution in [0.1, 0.15) is 60.3 Å². The van der Waals surface area contributed by atoms with Crippen LogP contribution in [0.4, 0.5) is 4.79 Å². The molecule has 0 aliphatic rings. The Morgan fingerprint density at radius 3 is 2.44 bits per heavy atom. The van der Waals surface area contributed by atoms with Gasteiger partial charge in [0.2, 0.25) is 0 Å². The second-order valence-corrected chi connectivity index (χ2v) is 6.92. The molecule has 0 saturated carbocycles. The first-order valence-electron chi connectivity index (χ1n) is 9.34. The van der Waals surface area contributed by atoms with Crippen molar-refractivity contribution in [2.75, 3.05) is 33.4 Å². The third-order valence-corrected chi connectivity index (χ3v) is 3.32. The summed E-state index contributed by atoms with van der Waals surface area (Å²) in [5.41, 5.74) is -0.491. The highest BCUT2D eigenvalue weighted by Gasteiger charge is 2.17. The van der Waals surface area contributed by atoms with E-state index in [0.717, 1.165) is 51.4 Å². The molecule has 7 heteroatoms. The molecule has 1 atom stereocenters. The first-order chi connectivity index (χ1) is 11.8. The van der Waals surface area contributed by atoms with Gasteiger partial charge >= 0.3 is 6.09 Å². The molecule has 148 valence electrons. The van der Waals surface area contributed by atoms with E-state index in [0.29, 0.717) is 6.54 Å². The average molecular weight is 359 g/mol. The Hall–Kier alpha value is -1.50. The normalized spacial score (nSPS) is 13.3. The van der Waals surface area contributed by atoms with Crippen LogP contribution < -0.4 is 16.0 Å². The molecule has 0 bridgehead atoms. The molecule has 0 saturated heterocycles. The molecular formula is C18H38N4O3. The van der Waals surface area contributed by atoms with Gasteiger partial charge in [0.25, 0.3) is 0 Å². The summed E-state index contributed by atoms with van der Waals surface area (Å²) >= 11 is 0. The van der Waals surface area contributed by atoms with Gasteiger partial charge in [-0.3, -0.25) is 4.99 Å². The van der Waals surface area contributed by atoms with E-state index in [1.54, 1.807) is 7.05 Å². The maximum Gasteiger partial charge on any atom is 0.407 e. The zero-order chi connectivity index (χ0) is 19.1. The summed E-state index contributed by atoms with van der Waals surface area (Å²) < 4.78 is 10.6. The molecule has 0 aromatic heterocycles. The number of ether oxygens (including phenoxy) is 2. The number of alkyl carbamates (subject to hydrolysis) is 1. The van der Waals surface area contributed by atoms with E-state index >= 15 is 0 Å². The summed E-state index contributed by atoms with van der Waals surface area (Å²) in [4.78, 5) is 16.1. The lowest BCUT2D eigenvalue weighted by atomic mass is 10.1. The summed E-state index contributed by atoms with van der Waals surface area (Å²) in [7, 11) is 1.75. The second-order valence-electron chi connectivity index (χ2n) is 6.92. The molecule has 7 nitrogen and oxygen atoms in total. The highest BCUT2D eigenvalue weighted by molar-refractivity contribution is 5.80. The number of carbonyl (C=O) groups is 1. The van der Waals surface area contributed by atoms with Crippen molar-refractivity contribution in [3.63, 3.8) is 0 Å². The highest BCUT2D eigenvalue weighted by Crippen LogP contribution is 2.07. The molecule has 0 radical (unpaired) electrons. The molecule has 0 aliphatic carbocycles. The van der Waals surface area contributed by atoms with Gasteiger partial charge in [-0.2, -0.15) is 0 Å². The minimum absolute atomic E-state index is 0.102. The number of amides is 1. The van der Waals surface area contributed by atoms with E-state index in [9.17, 15) is 4.79 Å². The lowest BCUT2D eigenvalue weighted by molar-refractivity contribution is 0.0522. The van der Waals surface area contributed by atoms with Crippen molar-refractivity contribution >= 4 is 12.1 Å². The van der Waals surface area contributed by atoms with Crippen molar-refractivity contribution in [1.29, 1.82) is 0 Å². The molecule has 1 amide bonds. The summed E-state index contributed by atoms with van der Waals surface area (Å²) in [5.74, 6) is 0.739. The van der Waals surface area contributed by atoms with Crippen molar-refractivity contribution in [2.45, 2.75) is 71.9 Å². The van der Waals surface area contributed by atoms with Crippen LogP contribution in [0.25, 0.3) is 0 Å². The van der Waals surface area contributed by atoms with E-state index in [-0.39, 0.29) is 6.04 Å². The SMILES string of the molecule is CCCCC(CNC(=O)OC(C)(C)C)NC(=NC)NCCCOCC. The quantitative estimate of drug-likeness (QED) is 0.300. The van der Waals surface area contributed by atoms with Gasteiger partial charge in [0.1, 0.15) is 5.60 Å². The Labute approximate surface area is 153 Å². The number of unbranched alkanes of at least 4 members (excludes halogenated alkanes) is 1. The molecule has 0 aromatic rings. The van der Waals surface area contributed by atoms with Crippen LogP contribution in [-0.4, -0.2) is 57.0 Å². The van der Waals surface area contributed by atoms with Gasteiger partial charge < -0.3 is 25.4 Å². The molecule has 0 rings (SSSR count). The van der Waals surface area contributed by atoms with Crippen LogP contribution in [0, 0.1) is 0 Å². The van der Waals surface area contributed by atoms with Gasteiger partial charge in [-0.15, -0.1) is 0 Å². The van der Waals surface area contributed by atoms with Gasteiger partial charge in [0.15, 0.2) is 5.96 Å². The zero-order valence-electron chi connectivity index (χ0n) is 16.9. The smallest absolute Gasteiger partial charge is 0.407 e. The number of nitrogens with zero attached hydrogens (tertiary/aromatic N) is 1. The predicted molar refractivity (Wildman–Crippen MR) is 103 cm³/mol. The lowest BCUT2D eigenvalue weighted by Crippen LogP contribution is -2.49. The number of nitrogens with one attached hydrogen (secondary N) is 3. The molecule has 3 N–H and O–H groups in total. The van der Waals surface area contributed by atoms with Gasteiger partial charge in [0.05, 0.1) is 0 Å². The zero-order valence-corrected chi connectivity index (χ0v) is 16.9. The Bertz CT molecular complexity index is 381. The Balaban J connectivity index is 4.36. The van der Waals surface area contributed by atoms with Crippen molar-refractivity contribution in [1.82, 2.24) is 16.0 Å². The van der Waals surface area contributed by atoms with E-state index in [4.69, 9.17) is 9.47 Å². The molecule has 0 spiro atoms. The topological polar surface area (TPSA) is 84.0 Å². The fraction of sp³-hybridized carbons (Fsp3) is 0.889. The standard InChI is InChI=1S/C18H38N4O3/c1-7-9-11-15(14-21-17(23)25-18(3,4)5)22-16(19-6)20-12-10-13-24-8-2/h15H,7-14H2,1-6H3,(H,21,23)(H2,19,20,22). The van der Waals surface area contributed by atoms with Crippen molar-refractivity contribution in [3.05, 3.63) is 0 Å². The molecule has 0 fully saturated rings. The minimum atomic E-state index is -0.491. The van der Waals surface area contributed by atoms with Crippen LogP contribution in [0.15, 0.2) is 4.99 Å². The fourth-order valence-corrected chi connectivity index (χ4v) is 2.11. The monoisotopic (exact) mass is 358 g/mol. The van der Waals surface area contributed by atoms with Crippen LogP contribution in [0.3, 0.4) is 0 Å². The van der Waals surface area contributed by atoms with Gasteiger partial charge in [0, 0.05) is 39.4 Å². The summed E-state index contributed by atoms with van der Waals surface area (Å²) in [6.07, 6.45) is 3.66. The third kappa shape index (κ3) is 14.5. The Kier molecular flexibility index (Phi) is 12.9. The van der Waals surface area contributed by atoms with Crippen LogP contribution >= 0.6 is 0 Å². The van der Waals surface area contributed by atoms with Crippen molar-refractivity contribution < 1.29 is 14.3 Å². The average Bonchev–Trinajstić information content (AvgIpc) is 2.53. The van der Waals surface area contributed by atoms with Gasteiger partial charge in [-0.05, 0) is 40.5 Å². The highest BCUT2D eigenvalue weighted by atomic mass is 16.6. The number of hydrogen-bond acceptors (Lipinski definition) is 4. The lowest BCUT2D eigenvalue weighted by Gasteiger charge is -2.24. The molecule has 25 heavy (non-hydrogen) atoms. The maximum atomic E-state index is 11.8. The van der Waals surface area contributed by atoms with Crippen LogP contribution in [0.5, 0.6) is 0 Å². The molecule has 0 heterocycles. The largest absolute Gasteiger partial charge is 0.444 e. The number of aliphatic imine (C=N–C) groups is 1. The number of carbonyl (C=O) groups excluding carboxylic acids is 1. The summed E-state index contributed by atoms with van der Waals surface area (Å²) in [6.45, 7) is 12.5. The summed E-state index contributed by atoms with van der Waals surface area (Å²) in [6, 6.07) is 0.102. The third-order valence-electron chi connectivity index (χ3n) is 3.32. The Morgan fingerprint density at radius 1 is 1.16 bits per heavy atom. The van der Waals surface area contributed by atoms with E-state index in [1.165, 1.54) is 0 Å². The Morgan fingerprint density at radius 2 is 1.88 bits per heavy atom. The summed E-state index contributed by atoms with van der Waals surface area (Å²) in [5, 5.41) is 9.49.